The van der Waals surface area contributed by atoms with Gasteiger partial charge in [0.2, 0.25) is 0 Å². The summed E-state index contributed by atoms with van der Waals surface area (Å²) in [6, 6.07) is 11.7. The molecule has 0 spiro atoms. The molecule has 1 heterocycles. The lowest BCUT2D eigenvalue weighted by Crippen LogP contribution is -2.25. The van der Waals surface area contributed by atoms with E-state index in [1.165, 1.54) is 88.2 Å². The Kier molecular flexibility index (Phi) is 10.6. The molecule has 3 heteroatoms. The van der Waals surface area contributed by atoms with Crippen LogP contribution in [-0.2, 0) is 0 Å². The van der Waals surface area contributed by atoms with Gasteiger partial charge in [0.05, 0.1) is 11.5 Å². The van der Waals surface area contributed by atoms with Crippen molar-refractivity contribution < 1.29 is 0 Å². The summed E-state index contributed by atoms with van der Waals surface area (Å²) in [6.07, 6.45) is 25.5. The molecular weight excluding hydrogens is 450 g/mol. The van der Waals surface area contributed by atoms with Crippen LogP contribution in [0.1, 0.15) is 146 Å². The van der Waals surface area contributed by atoms with Crippen LogP contribution in [0.4, 0.5) is 0 Å². The summed E-state index contributed by atoms with van der Waals surface area (Å²) in [4.78, 5) is 9.53. The summed E-state index contributed by atoms with van der Waals surface area (Å²) >= 11 is 0. The fourth-order valence-corrected chi connectivity index (χ4v) is 6.87. The van der Waals surface area contributed by atoms with Crippen LogP contribution in [0.15, 0.2) is 36.7 Å². The minimum Gasteiger partial charge on any atom is -0.236 e. The van der Waals surface area contributed by atoms with Crippen LogP contribution in [-0.4, -0.2) is 9.97 Å². The van der Waals surface area contributed by atoms with Gasteiger partial charge in [-0.3, -0.25) is 0 Å². The highest BCUT2D eigenvalue weighted by Crippen LogP contribution is 2.46. The molecule has 0 radical (unpaired) electrons. The standard InChI is InChI=1S/C34H49N3/c1-3-5-7-8-9-21-34(26-35)22-19-30(20-23-34)28-15-17-31(18-16-28)33-36-24-32(25-37-33)29-13-11-27(12-14-29)10-6-4-2/h15-18,24-25,27,29-30H,3-14,19-23H2,1-2H3/t27-,29-,30-,34-. The summed E-state index contributed by atoms with van der Waals surface area (Å²) in [7, 11) is 0. The van der Waals surface area contributed by atoms with Gasteiger partial charge < -0.3 is 0 Å². The van der Waals surface area contributed by atoms with Crippen LogP contribution in [0.3, 0.4) is 0 Å². The normalized spacial score (nSPS) is 26.0. The third-order valence-electron chi connectivity index (χ3n) is 9.53. The molecule has 0 amide bonds. The number of hydrogen-bond acceptors (Lipinski definition) is 3. The van der Waals surface area contributed by atoms with Crippen LogP contribution in [0, 0.1) is 22.7 Å². The largest absolute Gasteiger partial charge is 0.236 e. The van der Waals surface area contributed by atoms with Crippen LogP contribution >= 0.6 is 0 Å². The van der Waals surface area contributed by atoms with Gasteiger partial charge >= 0.3 is 0 Å². The molecule has 4 rings (SSSR count). The smallest absolute Gasteiger partial charge is 0.159 e. The van der Waals surface area contributed by atoms with Crippen molar-refractivity contribution >= 4 is 0 Å². The van der Waals surface area contributed by atoms with E-state index < -0.39 is 0 Å². The summed E-state index contributed by atoms with van der Waals surface area (Å²) < 4.78 is 0. The molecule has 3 nitrogen and oxygen atoms in total. The molecule has 2 saturated carbocycles. The highest BCUT2D eigenvalue weighted by atomic mass is 14.9. The zero-order valence-corrected chi connectivity index (χ0v) is 23.6. The van der Waals surface area contributed by atoms with E-state index in [0.717, 1.165) is 49.4 Å². The minimum absolute atomic E-state index is 0.0764. The maximum Gasteiger partial charge on any atom is 0.159 e. The second kappa shape index (κ2) is 14.1. The molecule has 37 heavy (non-hydrogen) atoms. The van der Waals surface area contributed by atoms with Crippen molar-refractivity contribution in [3.8, 4) is 17.5 Å². The number of benzene rings is 1. The fourth-order valence-electron chi connectivity index (χ4n) is 6.87. The van der Waals surface area contributed by atoms with Crippen molar-refractivity contribution in [2.45, 2.75) is 135 Å². The number of rotatable bonds is 12. The Labute approximate surface area is 226 Å². The van der Waals surface area contributed by atoms with E-state index >= 15 is 0 Å². The van der Waals surface area contributed by atoms with Gasteiger partial charge in [0.1, 0.15) is 0 Å². The van der Waals surface area contributed by atoms with Crippen molar-refractivity contribution in [1.29, 1.82) is 5.26 Å². The third kappa shape index (κ3) is 7.66. The van der Waals surface area contributed by atoms with Crippen molar-refractivity contribution in [3.05, 3.63) is 47.8 Å². The van der Waals surface area contributed by atoms with Gasteiger partial charge in [0, 0.05) is 18.0 Å². The second-order valence-electron chi connectivity index (χ2n) is 12.2. The second-order valence-corrected chi connectivity index (χ2v) is 12.2. The van der Waals surface area contributed by atoms with Crippen molar-refractivity contribution in [2.24, 2.45) is 11.3 Å². The average Bonchev–Trinajstić information content (AvgIpc) is 2.97. The summed E-state index contributed by atoms with van der Waals surface area (Å²) in [5.74, 6) is 2.98. The van der Waals surface area contributed by atoms with E-state index in [2.05, 4.69) is 56.6 Å². The molecule has 0 saturated heterocycles. The van der Waals surface area contributed by atoms with Gasteiger partial charge in [-0.1, -0.05) is 89.5 Å². The van der Waals surface area contributed by atoms with Crippen LogP contribution in [0.2, 0.25) is 0 Å². The Morgan fingerprint density at radius 1 is 0.757 bits per heavy atom. The zero-order valence-electron chi connectivity index (χ0n) is 23.6. The van der Waals surface area contributed by atoms with E-state index in [9.17, 15) is 5.26 Å². The van der Waals surface area contributed by atoms with E-state index in [1.807, 2.05) is 0 Å². The average molecular weight is 500 g/mol. The maximum absolute atomic E-state index is 9.94. The molecule has 0 atom stereocenters. The van der Waals surface area contributed by atoms with Gasteiger partial charge in [-0.2, -0.15) is 5.26 Å². The first-order valence-corrected chi connectivity index (χ1v) is 15.5. The third-order valence-corrected chi connectivity index (χ3v) is 9.53. The molecule has 2 aliphatic rings. The van der Waals surface area contributed by atoms with Crippen molar-refractivity contribution in [3.63, 3.8) is 0 Å². The molecule has 1 aromatic heterocycles. The molecule has 2 aliphatic carbocycles. The lowest BCUT2D eigenvalue weighted by molar-refractivity contribution is 0.223. The van der Waals surface area contributed by atoms with Gasteiger partial charge in [0.15, 0.2) is 5.82 Å². The predicted octanol–water partition coefficient (Wildman–Crippen LogP) is 10.1. The Bertz CT molecular complexity index is 956. The molecule has 2 aromatic rings. The summed E-state index contributed by atoms with van der Waals surface area (Å²) in [6.45, 7) is 4.55. The Hall–Kier alpha value is -2.21. The molecule has 200 valence electrons. The van der Waals surface area contributed by atoms with Crippen LogP contribution < -0.4 is 0 Å². The monoisotopic (exact) mass is 499 g/mol. The number of unbranched alkanes of at least 4 members (excludes halogenated alkanes) is 5. The first-order chi connectivity index (χ1) is 18.2. The van der Waals surface area contributed by atoms with E-state index in [4.69, 9.17) is 9.97 Å². The lowest BCUT2D eigenvalue weighted by atomic mass is 9.67. The quantitative estimate of drug-likeness (QED) is 0.273. The SMILES string of the molecule is CCCCCCC[C@]1(C#N)CC[C@H](c2ccc(-c3ncc([C@H]4CC[C@H](CCCC)CC4)cn3)cc2)CC1. The fraction of sp³-hybridized carbons (Fsp3) is 0.676. The van der Waals surface area contributed by atoms with Crippen molar-refractivity contribution in [1.82, 2.24) is 9.97 Å². The van der Waals surface area contributed by atoms with E-state index in [1.54, 1.807) is 0 Å². The molecule has 2 fully saturated rings. The highest BCUT2D eigenvalue weighted by Gasteiger charge is 2.35. The highest BCUT2D eigenvalue weighted by molar-refractivity contribution is 5.55. The molecule has 0 unspecified atom stereocenters. The Morgan fingerprint density at radius 2 is 1.38 bits per heavy atom. The topological polar surface area (TPSA) is 49.6 Å². The van der Waals surface area contributed by atoms with Gasteiger partial charge in [0.25, 0.3) is 0 Å². The molecule has 0 aliphatic heterocycles. The van der Waals surface area contributed by atoms with E-state index in [0.29, 0.717) is 11.8 Å². The molecule has 0 bridgehead atoms. The molecular formula is C34H49N3. The number of hydrogen-bond donors (Lipinski definition) is 0. The Balaban J connectivity index is 1.27. The maximum atomic E-state index is 9.94. The first-order valence-electron chi connectivity index (χ1n) is 15.5. The predicted molar refractivity (Wildman–Crippen MR) is 154 cm³/mol. The Morgan fingerprint density at radius 3 is 2.00 bits per heavy atom. The number of nitrogens with zero attached hydrogens (tertiary/aromatic N) is 3. The lowest BCUT2D eigenvalue weighted by Gasteiger charge is -2.35. The number of nitriles is 1. The number of aromatic nitrogens is 2. The van der Waals surface area contributed by atoms with Crippen LogP contribution in [0.25, 0.3) is 11.4 Å². The van der Waals surface area contributed by atoms with Gasteiger partial charge in [-0.25, -0.2) is 9.97 Å². The van der Waals surface area contributed by atoms with E-state index in [-0.39, 0.29) is 5.41 Å². The molecule has 0 N–H and O–H groups in total. The summed E-state index contributed by atoms with van der Waals surface area (Å²) in [5, 5.41) is 9.94. The minimum atomic E-state index is -0.0764. The summed E-state index contributed by atoms with van der Waals surface area (Å²) in [5.41, 5.74) is 3.76. The van der Waals surface area contributed by atoms with Crippen molar-refractivity contribution in [2.75, 3.05) is 0 Å². The molecule has 1 aromatic carbocycles. The van der Waals surface area contributed by atoms with Crippen LogP contribution in [0.5, 0.6) is 0 Å². The zero-order chi connectivity index (χ0) is 25.9. The van der Waals surface area contributed by atoms with Gasteiger partial charge in [-0.05, 0) is 86.7 Å². The first kappa shape index (κ1) is 27.8. The van der Waals surface area contributed by atoms with Gasteiger partial charge in [-0.15, -0.1) is 0 Å².